The zero-order valence-corrected chi connectivity index (χ0v) is 13.8. The van der Waals surface area contributed by atoms with Gasteiger partial charge in [0.05, 0.1) is 26.7 Å². The monoisotopic (exact) mass is 293 g/mol. The van der Waals surface area contributed by atoms with Gasteiger partial charge in [0.25, 0.3) is 0 Å². The minimum atomic E-state index is 0.893. The standard InChI is InChI=1S/C17H33N4/c1-21(11-6-16(14-21)15-4-7-18-12-15)17-5-10-20(13-17)19-8-2-3-9-19/h15-18H,2-14H2,1H3/q+1. The van der Waals surface area contributed by atoms with Crippen LogP contribution in [0.3, 0.4) is 0 Å². The van der Waals surface area contributed by atoms with Gasteiger partial charge in [0.15, 0.2) is 0 Å². The Bertz CT molecular complexity index is 362. The van der Waals surface area contributed by atoms with E-state index in [1.807, 2.05) is 0 Å². The molecule has 4 aliphatic heterocycles. The molecule has 0 radical (unpaired) electrons. The summed E-state index contributed by atoms with van der Waals surface area (Å²) in [7, 11) is 2.56. The first-order valence-corrected chi connectivity index (χ1v) is 9.29. The normalized spacial score (nSPS) is 45.9. The molecule has 0 aromatic carbocycles. The van der Waals surface area contributed by atoms with Gasteiger partial charge in [-0.15, -0.1) is 0 Å². The van der Waals surface area contributed by atoms with E-state index in [0.717, 1.165) is 17.9 Å². The molecule has 0 aromatic heterocycles. The Labute approximate surface area is 130 Å². The second-order valence-electron chi connectivity index (χ2n) is 8.20. The predicted molar refractivity (Wildman–Crippen MR) is 85.8 cm³/mol. The molecule has 4 rings (SSSR count). The third-order valence-electron chi connectivity index (χ3n) is 6.93. The lowest BCUT2D eigenvalue weighted by atomic mass is 9.91. The van der Waals surface area contributed by atoms with Crippen molar-refractivity contribution in [2.24, 2.45) is 11.8 Å². The van der Waals surface area contributed by atoms with E-state index in [1.165, 1.54) is 88.9 Å². The van der Waals surface area contributed by atoms with E-state index < -0.39 is 0 Å². The molecule has 4 unspecified atom stereocenters. The summed E-state index contributed by atoms with van der Waals surface area (Å²) < 4.78 is 1.37. The molecule has 4 heteroatoms. The Kier molecular flexibility index (Phi) is 3.99. The first kappa shape index (κ1) is 14.4. The molecule has 4 fully saturated rings. The molecular formula is C17H33N4+. The van der Waals surface area contributed by atoms with Crippen molar-refractivity contribution in [1.82, 2.24) is 15.3 Å². The van der Waals surface area contributed by atoms with Crippen LogP contribution in [-0.2, 0) is 0 Å². The maximum atomic E-state index is 3.57. The molecule has 0 spiro atoms. The van der Waals surface area contributed by atoms with E-state index in [1.54, 1.807) is 0 Å². The van der Waals surface area contributed by atoms with E-state index in [9.17, 15) is 0 Å². The molecule has 120 valence electrons. The van der Waals surface area contributed by atoms with Gasteiger partial charge < -0.3 is 9.80 Å². The number of nitrogens with one attached hydrogen (secondary N) is 1. The van der Waals surface area contributed by atoms with Gasteiger partial charge in [0.2, 0.25) is 0 Å². The largest absolute Gasteiger partial charge is 0.322 e. The fourth-order valence-corrected chi connectivity index (χ4v) is 5.45. The molecular weight excluding hydrogens is 260 g/mol. The highest BCUT2D eigenvalue weighted by Gasteiger charge is 2.46. The first-order valence-electron chi connectivity index (χ1n) is 9.29. The van der Waals surface area contributed by atoms with Crippen LogP contribution in [-0.4, -0.2) is 79.9 Å². The molecule has 4 nitrogen and oxygen atoms in total. The fraction of sp³-hybridized carbons (Fsp3) is 1.00. The zero-order valence-electron chi connectivity index (χ0n) is 13.8. The van der Waals surface area contributed by atoms with Gasteiger partial charge in [0.1, 0.15) is 6.04 Å². The predicted octanol–water partition coefficient (Wildman–Crippen LogP) is 1.15. The van der Waals surface area contributed by atoms with Gasteiger partial charge in [0, 0.05) is 38.4 Å². The second-order valence-corrected chi connectivity index (χ2v) is 8.20. The van der Waals surface area contributed by atoms with Crippen LogP contribution in [0.25, 0.3) is 0 Å². The molecule has 4 heterocycles. The number of likely N-dealkylation sites (N-methyl/N-ethyl adjacent to an activating group) is 1. The van der Waals surface area contributed by atoms with Crippen molar-refractivity contribution < 1.29 is 4.48 Å². The summed E-state index contributed by atoms with van der Waals surface area (Å²) in [5.41, 5.74) is 0. The smallest absolute Gasteiger partial charge is 0.104 e. The topological polar surface area (TPSA) is 18.5 Å². The Balaban J connectivity index is 1.35. The fourth-order valence-electron chi connectivity index (χ4n) is 5.45. The molecule has 21 heavy (non-hydrogen) atoms. The highest BCUT2D eigenvalue weighted by atomic mass is 15.6. The van der Waals surface area contributed by atoms with Crippen molar-refractivity contribution in [3.05, 3.63) is 0 Å². The third kappa shape index (κ3) is 2.76. The number of rotatable bonds is 3. The minimum Gasteiger partial charge on any atom is -0.322 e. The maximum Gasteiger partial charge on any atom is 0.104 e. The number of hydrogen-bond acceptors (Lipinski definition) is 3. The van der Waals surface area contributed by atoms with E-state index in [4.69, 9.17) is 0 Å². The molecule has 1 N–H and O–H groups in total. The van der Waals surface area contributed by atoms with Crippen LogP contribution in [0, 0.1) is 11.8 Å². The summed E-state index contributed by atoms with van der Waals surface area (Å²) in [5, 5.41) is 8.89. The van der Waals surface area contributed by atoms with Gasteiger partial charge in [-0.2, -0.15) is 0 Å². The number of likely N-dealkylation sites (tertiary alicyclic amines) is 1. The summed E-state index contributed by atoms with van der Waals surface area (Å²) in [4.78, 5) is 0. The third-order valence-corrected chi connectivity index (χ3v) is 6.93. The maximum absolute atomic E-state index is 3.57. The molecule has 4 atom stereocenters. The summed E-state index contributed by atoms with van der Waals surface area (Å²) in [6.45, 7) is 10.7. The SMILES string of the molecule is C[N+]1(C2CCN(N3CCCC3)C2)CCC(C2CCNC2)C1. The van der Waals surface area contributed by atoms with Crippen molar-refractivity contribution in [2.75, 3.05) is 59.4 Å². The van der Waals surface area contributed by atoms with E-state index in [-0.39, 0.29) is 0 Å². The zero-order chi connectivity index (χ0) is 14.3. The summed E-state index contributed by atoms with van der Waals surface area (Å²) in [5.74, 6) is 1.96. The number of hydrogen-bond donors (Lipinski definition) is 1. The molecule has 0 aliphatic carbocycles. The van der Waals surface area contributed by atoms with E-state index in [2.05, 4.69) is 22.4 Å². The van der Waals surface area contributed by atoms with Crippen LogP contribution in [0.1, 0.15) is 32.1 Å². The minimum absolute atomic E-state index is 0.893. The average Bonchev–Trinajstić information content (AvgIpc) is 3.26. The van der Waals surface area contributed by atoms with Gasteiger partial charge in [-0.3, -0.25) is 0 Å². The van der Waals surface area contributed by atoms with E-state index in [0.29, 0.717) is 0 Å². The van der Waals surface area contributed by atoms with Crippen LogP contribution in [0.4, 0.5) is 0 Å². The number of quaternary nitrogens is 1. The van der Waals surface area contributed by atoms with Gasteiger partial charge in [-0.25, -0.2) is 10.0 Å². The first-order chi connectivity index (χ1) is 10.2. The quantitative estimate of drug-likeness (QED) is 0.788. The van der Waals surface area contributed by atoms with Gasteiger partial charge in [-0.1, -0.05) is 0 Å². The average molecular weight is 293 g/mol. The molecule has 4 aliphatic rings. The molecule has 0 saturated carbocycles. The molecule has 0 aromatic rings. The van der Waals surface area contributed by atoms with Crippen molar-refractivity contribution in [3.63, 3.8) is 0 Å². The van der Waals surface area contributed by atoms with Crippen LogP contribution >= 0.6 is 0 Å². The van der Waals surface area contributed by atoms with Crippen molar-refractivity contribution in [3.8, 4) is 0 Å². The van der Waals surface area contributed by atoms with Crippen LogP contribution in [0.15, 0.2) is 0 Å². The highest BCUT2D eigenvalue weighted by molar-refractivity contribution is 4.84. The molecule has 4 saturated heterocycles. The lowest BCUT2D eigenvalue weighted by Crippen LogP contribution is -2.53. The number of hydrazine groups is 1. The van der Waals surface area contributed by atoms with Crippen LogP contribution in [0.5, 0.6) is 0 Å². The Morgan fingerprint density at radius 3 is 2.57 bits per heavy atom. The van der Waals surface area contributed by atoms with Gasteiger partial charge in [-0.05, 0) is 38.3 Å². The lowest BCUT2D eigenvalue weighted by Gasteiger charge is -2.37. The molecule has 0 bridgehead atoms. The molecule has 0 amide bonds. The van der Waals surface area contributed by atoms with Crippen molar-refractivity contribution in [2.45, 2.75) is 38.1 Å². The Hall–Kier alpha value is -0.160. The number of nitrogens with zero attached hydrogens (tertiary/aromatic N) is 3. The van der Waals surface area contributed by atoms with Crippen LogP contribution < -0.4 is 5.32 Å². The van der Waals surface area contributed by atoms with Gasteiger partial charge >= 0.3 is 0 Å². The Morgan fingerprint density at radius 1 is 0.952 bits per heavy atom. The Morgan fingerprint density at radius 2 is 1.81 bits per heavy atom. The van der Waals surface area contributed by atoms with Crippen LogP contribution in [0.2, 0.25) is 0 Å². The van der Waals surface area contributed by atoms with Crippen molar-refractivity contribution >= 4 is 0 Å². The summed E-state index contributed by atoms with van der Waals surface area (Å²) >= 11 is 0. The van der Waals surface area contributed by atoms with Crippen molar-refractivity contribution in [1.29, 1.82) is 0 Å². The second kappa shape index (κ2) is 5.80. The van der Waals surface area contributed by atoms with E-state index >= 15 is 0 Å². The highest BCUT2D eigenvalue weighted by Crippen LogP contribution is 2.36. The lowest BCUT2D eigenvalue weighted by molar-refractivity contribution is -0.921. The summed E-state index contributed by atoms with van der Waals surface area (Å²) in [6, 6.07) is 0.893. The summed E-state index contributed by atoms with van der Waals surface area (Å²) in [6.07, 6.45) is 7.13.